The van der Waals surface area contributed by atoms with E-state index in [1.165, 1.54) is 29.7 Å². The van der Waals surface area contributed by atoms with Crippen LogP contribution in [0.2, 0.25) is 0 Å². The molecule has 0 fully saturated rings. The maximum atomic E-state index is 13.9. The van der Waals surface area contributed by atoms with Crippen molar-refractivity contribution in [2.24, 2.45) is 0 Å². The van der Waals surface area contributed by atoms with E-state index in [9.17, 15) is 14.4 Å². The smallest absolute Gasteiger partial charge is 0.199 e. The monoisotopic (exact) mass is 374 g/mol. The number of hydrogen-bond donors (Lipinski definition) is 0. The van der Waals surface area contributed by atoms with Crippen molar-refractivity contribution in [1.29, 1.82) is 5.26 Å². The van der Waals surface area contributed by atoms with E-state index in [0.29, 0.717) is 27.2 Å². The molecule has 6 heteroatoms. The highest BCUT2D eigenvalue weighted by Crippen LogP contribution is 2.28. The Morgan fingerprint density at radius 1 is 1.19 bits per heavy atom. The van der Waals surface area contributed by atoms with Crippen molar-refractivity contribution in [1.82, 2.24) is 4.98 Å². The SMILES string of the molecule is N#C/C(=C\c1coc2ccccc2c1=O)c1nc(-c2ccccc2F)cs1. The zero-order chi connectivity index (χ0) is 18.8. The number of fused-ring (bicyclic) bond motifs is 1. The number of para-hydroxylation sites is 1. The first-order chi connectivity index (χ1) is 13.2. The van der Waals surface area contributed by atoms with E-state index in [-0.39, 0.29) is 22.4 Å². The number of nitriles is 1. The van der Waals surface area contributed by atoms with Gasteiger partial charge in [-0.2, -0.15) is 5.26 Å². The summed E-state index contributed by atoms with van der Waals surface area (Å²) in [5, 5.41) is 12.0. The third-order valence-corrected chi connectivity index (χ3v) is 4.89. The molecule has 0 amide bonds. The molecule has 0 saturated heterocycles. The normalized spacial score (nSPS) is 11.5. The van der Waals surface area contributed by atoms with Crippen molar-refractivity contribution < 1.29 is 8.81 Å². The highest BCUT2D eigenvalue weighted by Gasteiger charge is 2.13. The second-order valence-corrected chi connectivity index (χ2v) is 6.56. The summed E-state index contributed by atoms with van der Waals surface area (Å²) in [5.74, 6) is -0.382. The van der Waals surface area contributed by atoms with Crippen LogP contribution in [0.25, 0.3) is 33.9 Å². The van der Waals surface area contributed by atoms with Crippen molar-refractivity contribution in [3.8, 4) is 17.3 Å². The summed E-state index contributed by atoms with van der Waals surface area (Å²) in [4.78, 5) is 17.0. The van der Waals surface area contributed by atoms with Crippen molar-refractivity contribution in [3.63, 3.8) is 0 Å². The number of halogens is 1. The van der Waals surface area contributed by atoms with Gasteiger partial charge in [-0.15, -0.1) is 11.3 Å². The molecule has 0 N–H and O–H groups in total. The van der Waals surface area contributed by atoms with Crippen LogP contribution in [0.3, 0.4) is 0 Å². The molecule has 2 aromatic carbocycles. The van der Waals surface area contributed by atoms with Crippen LogP contribution in [-0.2, 0) is 0 Å². The zero-order valence-electron chi connectivity index (χ0n) is 13.8. The van der Waals surface area contributed by atoms with Gasteiger partial charge in [0.1, 0.15) is 28.7 Å². The fraction of sp³-hybridized carbons (Fsp3) is 0. The molecular weight excluding hydrogens is 363 g/mol. The van der Waals surface area contributed by atoms with Crippen LogP contribution in [0.4, 0.5) is 4.39 Å². The van der Waals surface area contributed by atoms with Crippen molar-refractivity contribution >= 4 is 34.0 Å². The van der Waals surface area contributed by atoms with E-state index in [2.05, 4.69) is 11.1 Å². The molecule has 4 aromatic rings. The van der Waals surface area contributed by atoms with E-state index >= 15 is 0 Å². The van der Waals surface area contributed by atoms with Crippen LogP contribution in [0.1, 0.15) is 10.6 Å². The predicted octanol–water partition coefficient (Wildman–Crippen LogP) is 5.12. The molecule has 2 aromatic heterocycles. The predicted molar refractivity (Wildman–Crippen MR) is 103 cm³/mol. The fourth-order valence-corrected chi connectivity index (χ4v) is 3.47. The van der Waals surface area contributed by atoms with Gasteiger partial charge >= 0.3 is 0 Å². The molecule has 130 valence electrons. The van der Waals surface area contributed by atoms with Gasteiger partial charge < -0.3 is 4.42 Å². The molecule has 0 unspecified atom stereocenters. The molecule has 0 radical (unpaired) electrons. The number of thiazole rings is 1. The van der Waals surface area contributed by atoms with Gasteiger partial charge in [0.15, 0.2) is 5.43 Å². The summed E-state index contributed by atoms with van der Waals surface area (Å²) in [6.07, 6.45) is 2.77. The maximum Gasteiger partial charge on any atom is 0.199 e. The number of aromatic nitrogens is 1. The van der Waals surface area contributed by atoms with Crippen molar-refractivity contribution in [2.75, 3.05) is 0 Å². The molecule has 0 saturated carbocycles. The Hall–Kier alpha value is -3.56. The summed E-state index contributed by atoms with van der Waals surface area (Å²) >= 11 is 1.21. The van der Waals surface area contributed by atoms with Gasteiger partial charge in [0.2, 0.25) is 0 Å². The number of rotatable bonds is 3. The Morgan fingerprint density at radius 3 is 2.78 bits per heavy atom. The second-order valence-electron chi connectivity index (χ2n) is 5.70. The Morgan fingerprint density at radius 2 is 1.96 bits per heavy atom. The molecule has 0 atom stereocenters. The number of benzene rings is 2. The lowest BCUT2D eigenvalue weighted by atomic mass is 10.1. The average Bonchev–Trinajstić information content (AvgIpc) is 3.18. The molecule has 0 aliphatic rings. The molecule has 0 bridgehead atoms. The summed E-state index contributed by atoms with van der Waals surface area (Å²) < 4.78 is 19.4. The Kier molecular flexibility index (Phi) is 4.37. The molecule has 0 aliphatic heterocycles. The van der Waals surface area contributed by atoms with Crippen molar-refractivity contribution in [2.45, 2.75) is 0 Å². The summed E-state index contributed by atoms with van der Waals surface area (Å²) in [7, 11) is 0. The molecule has 0 aliphatic carbocycles. The minimum absolute atomic E-state index is 0.213. The number of allylic oxidation sites excluding steroid dienone is 1. The first kappa shape index (κ1) is 16.9. The van der Waals surface area contributed by atoms with Crippen LogP contribution in [-0.4, -0.2) is 4.98 Å². The van der Waals surface area contributed by atoms with E-state index < -0.39 is 0 Å². The second kappa shape index (κ2) is 6.98. The lowest BCUT2D eigenvalue weighted by molar-refractivity contribution is 0.601. The molecule has 4 rings (SSSR count). The van der Waals surface area contributed by atoms with Crippen LogP contribution in [0, 0.1) is 17.1 Å². The molecule has 4 nitrogen and oxygen atoms in total. The first-order valence-corrected chi connectivity index (χ1v) is 8.88. The quantitative estimate of drug-likeness (QED) is 0.467. The average molecular weight is 374 g/mol. The Bertz CT molecular complexity index is 1280. The van der Waals surface area contributed by atoms with Gasteiger partial charge in [0, 0.05) is 10.9 Å². The fourth-order valence-electron chi connectivity index (χ4n) is 2.68. The van der Waals surface area contributed by atoms with Gasteiger partial charge in [0.05, 0.1) is 22.2 Å². The van der Waals surface area contributed by atoms with E-state index in [4.69, 9.17) is 4.42 Å². The van der Waals surface area contributed by atoms with E-state index in [0.717, 1.165) is 0 Å². The lowest BCUT2D eigenvalue weighted by Gasteiger charge is -1.99. The number of hydrogen-bond acceptors (Lipinski definition) is 5. The standard InChI is InChI=1S/C21H11FN2O2S/c22-17-7-3-1-5-15(17)18-12-27-21(24-18)13(10-23)9-14-11-26-19-8-4-2-6-16(19)20(14)25/h1-9,11-12H/b13-9+. The summed E-state index contributed by atoms with van der Waals surface area (Å²) in [5.41, 5.74) is 1.53. The van der Waals surface area contributed by atoms with Crippen molar-refractivity contribution in [3.05, 3.63) is 86.8 Å². The van der Waals surface area contributed by atoms with E-state index in [1.54, 1.807) is 47.8 Å². The topological polar surface area (TPSA) is 66.9 Å². The van der Waals surface area contributed by atoms with Crippen LogP contribution in [0.5, 0.6) is 0 Å². The third kappa shape index (κ3) is 3.16. The van der Waals surface area contributed by atoms with E-state index in [1.807, 2.05) is 0 Å². The van der Waals surface area contributed by atoms with Gasteiger partial charge in [-0.05, 0) is 30.3 Å². The number of nitrogens with zero attached hydrogens (tertiary/aromatic N) is 2. The molecule has 27 heavy (non-hydrogen) atoms. The van der Waals surface area contributed by atoms with Crippen LogP contribution >= 0.6 is 11.3 Å². The maximum absolute atomic E-state index is 13.9. The Balaban J connectivity index is 1.78. The Labute approximate surface area is 157 Å². The van der Waals surface area contributed by atoms with Gasteiger partial charge in [0.25, 0.3) is 0 Å². The molecule has 2 heterocycles. The third-order valence-electron chi connectivity index (χ3n) is 4.01. The lowest BCUT2D eigenvalue weighted by Crippen LogP contribution is -2.04. The van der Waals surface area contributed by atoms with Gasteiger partial charge in [-0.25, -0.2) is 9.37 Å². The first-order valence-electron chi connectivity index (χ1n) is 8.00. The zero-order valence-corrected chi connectivity index (χ0v) is 14.7. The highest BCUT2D eigenvalue weighted by molar-refractivity contribution is 7.11. The summed E-state index contributed by atoms with van der Waals surface area (Å²) in [6.45, 7) is 0. The molecular formula is C21H11FN2O2S. The van der Waals surface area contributed by atoms with Crippen LogP contribution in [0.15, 0.2) is 69.4 Å². The summed E-state index contributed by atoms with van der Waals surface area (Å²) in [6, 6.07) is 15.3. The van der Waals surface area contributed by atoms with Crippen LogP contribution < -0.4 is 5.43 Å². The molecule has 0 spiro atoms. The minimum atomic E-state index is -0.382. The largest absolute Gasteiger partial charge is 0.463 e. The van der Waals surface area contributed by atoms with Gasteiger partial charge in [-0.3, -0.25) is 4.79 Å². The highest BCUT2D eigenvalue weighted by atomic mass is 32.1. The van der Waals surface area contributed by atoms with Gasteiger partial charge in [-0.1, -0.05) is 24.3 Å². The minimum Gasteiger partial charge on any atom is -0.463 e.